The summed E-state index contributed by atoms with van der Waals surface area (Å²) in [5.74, 6) is 0. The molecule has 16 nitrogen and oxygen atoms in total. The van der Waals surface area contributed by atoms with Gasteiger partial charge >= 0.3 is 29.2 Å². The molecular formula is C12H19N2O14P3. The van der Waals surface area contributed by atoms with E-state index in [2.05, 4.69) is 24.7 Å². The molecule has 0 radical (unpaired) electrons. The van der Waals surface area contributed by atoms with Gasteiger partial charge in [-0.3, -0.25) is 18.9 Å². The zero-order valence-electron chi connectivity index (χ0n) is 15.7. The summed E-state index contributed by atoms with van der Waals surface area (Å²) in [4.78, 5) is 61.4. The first-order valence-corrected chi connectivity index (χ1v) is 12.7. The monoisotopic (exact) mass is 508 g/mol. The smallest absolute Gasteiger partial charge is 0.490 e. The first kappa shape index (κ1) is 25.8. The second-order valence-corrected chi connectivity index (χ2v) is 10.5. The molecule has 3 unspecified atom stereocenters. The highest BCUT2D eigenvalue weighted by Gasteiger charge is 2.43. The van der Waals surface area contributed by atoms with Crippen molar-refractivity contribution in [3.05, 3.63) is 45.4 Å². The molecular weight excluding hydrogens is 489 g/mol. The number of ether oxygens (including phenoxy) is 2. The first-order valence-electron chi connectivity index (χ1n) is 8.15. The second kappa shape index (κ2) is 9.61. The van der Waals surface area contributed by atoms with Gasteiger partial charge in [0, 0.05) is 18.2 Å². The quantitative estimate of drug-likeness (QED) is 0.207. The van der Waals surface area contributed by atoms with Crippen molar-refractivity contribution in [1.29, 1.82) is 0 Å². The van der Waals surface area contributed by atoms with E-state index in [1.54, 1.807) is 0 Å². The highest BCUT2D eigenvalue weighted by Crippen LogP contribution is 2.66. The summed E-state index contributed by atoms with van der Waals surface area (Å²) in [5.41, 5.74) is -1.17. The second-order valence-electron chi connectivity index (χ2n) is 6.07. The Morgan fingerprint density at radius 3 is 2.45 bits per heavy atom. The van der Waals surface area contributed by atoms with E-state index in [9.17, 15) is 28.2 Å². The maximum Gasteiger partial charge on any atom is 0.490 e. The van der Waals surface area contributed by atoms with E-state index in [1.807, 2.05) is 0 Å². The summed E-state index contributed by atoms with van der Waals surface area (Å²) in [6.45, 7) is 4.04. The molecule has 0 saturated carbocycles. The zero-order valence-corrected chi connectivity index (χ0v) is 18.4. The van der Waals surface area contributed by atoms with Crippen molar-refractivity contribution in [1.82, 2.24) is 9.55 Å². The van der Waals surface area contributed by atoms with E-state index in [0.29, 0.717) is 0 Å². The molecule has 0 bridgehead atoms. The number of phosphoric acid groups is 3. The number of nitrogens with one attached hydrogen (secondary N) is 1. The largest absolute Gasteiger partial charge is 0.496 e. The van der Waals surface area contributed by atoms with Crippen molar-refractivity contribution in [3.63, 3.8) is 0 Å². The number of aromatic nitrogens is 2. The van der Waals surface area contributed by atoms with Crippen LogP contribution in [0.15, 0.2) is 28.6 Å². The van der Waals surface area contributed by atoms with Gasteiger partial charge in [0.05, 0.1) is 12.9 Å². The maximum atomic E-state index is 12.0. The minimum Gasteiger partial charge on any atom is -0.496 e. The molecule has 2 heterocycles. The molecule has 1 aliphatic rings. The standard InChI is InChI=1S/C12H19N2O14P3/c1-3-24-8-4-10(14-5-7(2)11(15)13-12(14)16)26-9(8)6-25-30(20,21)28-31(22,23)27-29(17,18)19/h3,5,8-10H,1,4,6H2,2H3,(H,20,21)(H,22,23)(H,13,15,16)(H2,17,18,19)/t8?,9-,10-/m1/s1. The van der Waals surface area contributed by atoms with Crippen molar-refractivity contribution in [2.24, 2.45) is 0 Å². The van der Waals surface area contributed by atoms with E-state index < -0.39 is 59.8 Å². The minimum atomic E-state index is -5.67. The van der Waals surface area contributed by atoms with Crippen LogP contribution in [-0.2, 0) is 36.3 Å². The van der Waals surface area contributed by atoms with Crippen molar-refractivity contribution in [3.8, 4) is 0 Å². The molecule has 0 aromatic carbocycles. The molecule has 0 aliphatic carbocycles. The van der Waals surface area contributed by atoms with Gasteiger partial charge in [-0.2, -0.15) is 8.62 Å². The SMILES string of the molecule is C=COC1C[C@H](n2cc(C)c(=O)[nH]c2=O)O[C@@H]1COP(=O)(O)OP(=O)(O)OP(=O)(O)O. The van der Waals surface area contributed by atoms with E-state index >= 15 is 0 Å². The Hall–Kier alpha value is -1.41. The summed E-state index contributed by atoms with van der Waals surface area (Å²) in [6, 6.07) is 0. The molecule has 0 spiro atoms. The van der Waals surface area contributed by atoms with Crippen LogP contribution in [0.1, 0.15) is 18.2 Å². The Morgan fingerprint density at radius 1 is 1.23 bits per heavy atom. The van der Waals surface area contributed by atoms with Gasteiger partial charge in [-0.05, 0) is 6.92 Å². The zero-order chi connectivity index (χ0) is 23.6. The molecule has 2 rings (SSSR count). The van der Waals surface area contributed by atoms with E-state index in [4.69, 9.17) is 24.2 Å². The van der Waals surface area contributed by atoms with Gasteiger partial charge in [-0.1, -0.05) is 6.58 Å². The molecule has 176 valence electrons. The summed E-state index contributed by atoms with van der Waals surface area (Å²) >= 11 is 0. The van der Waals surface area contributed by atoms with Gasteiger partial charge in [-0.25, -0.2) is 18.5 Å². The molecule has 5 atom stereocenters. The number of rotatable bonds is 10. The normalized spacial score (nSPS) is 25.5. The molecule has 1 fully saturated rings. The topological polar surface area (TPSA) is 233 Å². The van der Waals surface area contributed by atoms with Gasteiger partial charge in [0.25, 0.3) is 5.56 Å². The van der Waals surface area contributed by atoms with Gasteiger partial charge in [0.15, 0.2) is 0 Å². The predicted molar refractivity (Wildman–Crippen MR) is 99.5 cm³/mol. The fourth-order valence-electron chi connectivity index (χ4n) is 2.56. The summed E-state index contributed by atoms with van der Waals surface area (Å²) in [5, 5.41) is 0. The van der Waals surface area contributed by atoms with Crippen LogP contribution in [0.25, 0.3) is 0 Å². The van der Waals surface area contributed by atoms with Crippen molar-refractivity contribution < 1.29 is 55.9 Å². The lowest BCUT2D eigenvalue weighted by atomic mass is 10.2. The maximum absolute atomic E-state index is 12.0. The molecule has 31 heavy (non-hydrogen) atoms. The third-order valence-corrected chi connectivity index (χ3v) is 7.53. The molecule has 1 aromatic rings. The van der Waals surface area contributed by atoms with E-state index in [0.717, 1.165) is 10.8 Å². The van der Waals surface area contributed by atoms with Crippen LogP contribution in [0.4, 0.5) is 0 Å². The van der Waals surface area contributed by atoms with Gasteiger partial charge in [0.1, 0.15) is 18.4 Å². The number of hydrogen-bond donors (Lipinski definition) is 5. The van der Waals surface area contributed by atoms with Crippen molar-refractivity contribution in [2.45, 2.75) is 31.8 Å². The van der Waals surface area contributed by atoms with Gasteiger partial charge in [0.2, 0.25) is 0 Å². The van der Waals surface area contributed by atoms with Gasteiger partial charge in [-0.15, -0.1) is 0 Å². The van der Waals surface area contributed by atoms with Crippen LogP contribution >= 0.6 is 23.5 Å². The minimum absolute atomic E-state index is 0.0157. The number of aryl methyl sites for hydroxylation is 1. The summed E-state index contributed by atoms with van der Waals surface area (Å²) < 4.78 is 57.5. The molecule has 19 heteroatoms. The van der Waals surface area contributed by atoms with Crippen LogP contribution in [0.5, 0.6) is 0 Å². The van der Waals surface area contributed by atoms with Crippen LogP contribution in [0.2, 0.25) is 0 Å². The average Bonchev–Trinajstić information content (AvgIpc) is 2.96. The van der Waals surface area contributed by atoms with Gasteiger partial charge < -0.3 is 29.0 Å². The van der Waals surface area contributed by atoms with E-state index in [-0.39, 0.29) is 12.0 Å². The Bertz CT molecular complexity index is 1080. The van der Waals surface area contributed by atoms with Crippen LogP contribution < -0.4 is 11.2 Å². The lowest BCUT2D eigenvalue weighted by molar-refractivity contribution is -0.0471. The third-order valence-electron chi connectivity index (χ3n) is 3.73. The molecule has 1 aliphatic heterocycles. The summed E-state index contributed by atoms with van der Waals surface area (Å²) in [6.07, 6.45) is -0.693. The Labute approximate surface area is 173 Å². The summed E-state index contributed by atoms with van der Waals surface area (Å²) in [7, 11) is -16.6. The number of nitrogens with zero attached hydrogens (tertiary/aromatic N) is 1. The van der Waals surface area contributed by atoms with Crippen molar-refractivity contribution in [2.75, 3.05) is 6.61 Å². The predicted octanol–water partition coefficient (Wildman–Crippen LogP) is 0.00452. The van der Waals surface area contributed by atoms with Crippen molar-refractivity contribution >= 4 is 23.5 Å². The molecule has 1 aromatic heterocycles. The third kappa shape index (κ3) is 7.59. The first-order chi connectivity index (χ1) is 14.1. The molecule has 1 saturated heterocycles. The van der Waals surface area contributed by atoms with Crippen LogP contribution in [0, 0.1) is 6.92 Å². The Kier molecular flexibility index (Phi) is 8.01. The number of phosphoric ester groups is 1. The molecule has 0 amide bonds. The fourth-order valence-corrected chi connectivity index (χ4v) is 5.59. The lowest BCUT2D eigenvalue weighted by Gasteiger charge is -2.20. The number of H-pyrrole nitrogens is 1. The van der Waals surface area contributed by atoms with E-state index in [1.165, 1.54) is 13.1 Å². The highest BCUT2D eigenvalue weighted by molar-refractivity contribution is 7.66. The lowest BCUT2D eigenvalue weighted by Crippen LogP contribution is -2.33. The van der Waals surface area contributed by atoms with Crippen LogP contribution in [0.3, 0.4) is 0 Å². The van der Waals surface area contributed by atoms with Crippen LogP contribution in [-0.4, -0.2) is 47.9 Å². The average molecular weight is 508 g/mol. The fraction of sp³-hybridized carbons (Fsp3) is 0.500. The number of aromatic amines is 1. The number of hydrogen-bond acceptors (Lipinski definition) is 10. The molecule has 5 N–H and O–H groups in total. The Morgan fingerprint density at radius 2 is 1.87 bits per heavy atom. The highest BCUT2D eigenvalue weighted by atomic mass is 31.3. The Balaban J connectivity index is 2.12.